The summed E-state index contributed by atoms with van der Waals surface area (Å²) in [5.41, 5.74) is 0.333. The van der Waals surface area contributed by atoms with Gasteiger partial charge in [0.05, 0.1) is 17.7 Å². The molecule has 3 aromatic rings. The van der Waals surface area contributed by atoms with Crippen LogP contribution in [0.1, 0.15) is 24.8 Å². The summed E-state index contributed by atoms with van der Waals surface area (Å²) < 4.78 is 39.6. The number of hydrogen-bond donors (Lipinski definition) is 3. The zero-order chi connectivity index (χ0) is 19.0. The van der Waals surface area contributed by atoms with E-state index in [1.54, 1.807) is 10.6 Å². The van der Waals surface area contributed by atoms with Crippen molar-refractivity contribution in [1.29, 1.82) is 0 Å². The molecule has 2 heterocycles. The fourth-order valence-corrected chi connectivity index (χ4v) is 3.24. The zero-order valence-electron chi connectivity index (χ0n) is 14.2. The minimum Gasteiger partial charge on any atom is -0.391 e. The van der Waals surface area contributed by atoms with Crippen LogP contribution < -0.4 is 10.6 Å². The fraction of sp³-hybridized carbons (Fsp3) is 0.333. The number of alkyl halides is 3. The molecular weight excluding hydrogens is 359 g/mol. The van der Waals surface area contributed by atoms with E-state index in [0.29, 0.717) is 17.2 Å². The summed E-state index contributed by atoms with van der Waals surface area (Å²) in [7, 11) is 0. The normalized spacial score (nSPS) is 20.1. The van der Waals surface area contributed by atoms with Crippen LogP contribution in [0.5, 0.6) is 0 Å². The number of halogens is 3. The molecule has 1 aliphatic rings. The number of anilines is 3. The summed E-state index contributed by atoms with van der Waals surface area (Å²) in [6.45, 7) is 0. The first-order chi connectivity index (χ1) is 12.9. The third-order valence-electron chi connectivity index (χ3n) is 4.64. The third-order valence-corrected chi connectivity index (χ3v) is 4.64. The molecule has 1 aromatic carbocycles. The van der Waals surface area contributed by atoms with E-state index in [9.17, 15) is 18.3 Å². The zero-order valence-corrected chi connectivity index (χ0v) is 14.2. The Hall–Kier alpha value is -2.81. The minimum atomic E-state index is -4.37. The van der Waals surface area contributed by atoms with Gasteiger partial charge in [-0.25, -0.2) is 0 Å². The standard InChI is InChI=1S/C18H18F3N5O/c19-18(20,21)11-7-9-12(10-8-11)22-17-24-16-6-2-5-15(26(16)25-17)23-13-3-1-4-14(13)27/h2,5-10,13-14,23,27H,1,3-4H2,(H,22,25)/t13-,14-/m1/s1. The van der Waals surface area contributed by atoms with E-state index in [1.807, 2.05) is 12.1 Å². The summed E-state index contributed by atoms with van der Waals surface area (Å²) in [4.78, 5) is 4.35. The van der Waals surface area contributed by atoms with Gasteiger partial charge in [0.1, 0.15) is 5.82 Å². The Bertz CT molecular complexity index is 938. The number of nitrogens with zero attached hydrogens (tertiary/aromatic N) is 3. The summed E-state index contributed by atoms with van der Waals surface area (Å²) >= 11 is 0. The van der Waals surface area contributed by atoms with Gasteiger partial charge in [0, 0.05) is 5.69 Å². The number of aliphatic hydroxyl groups is 1. The van der Waals surface area contributed by atoms with Crippen molar-refractivity contribution in [1.82, 2.24) is 14.6 Å². The fourth-order valence-electron chi connectivity index (χ4n) is 3.24. The molecule has 1 saturated carbocycles. The molecular formula is C18H18F3N5O. The number of nitrogens with one attached hydrogen (secondary N) is 2. The molecule has 2 aromatic heterocycles. The van der Waals surface area contributed by atoms with Gasteiger partial charge in [0.15, 0.2) is 5.65 Å². The molecule has 142 valence electrons. The van der Waals surface area contributed by atoms with Crippen LogP contribution in [0.2, 0.25) is 0 Å². The molecule has 9 heteroatoms. The van der Waals surface area contributed by atoms with E-state index in [4.69, 9.17) is 0 Å². The van der Waals surface area contributed by atoms with E-state index in [-0.39, 0.29) is 12.0 Å². The lowest BCUT2D eigenvalue weighted by Gasteiger charge is -2.17. The number of pyridine rings is 1. The van der Waals surface area contributed by atoms with Gasteiger partial charge in [-0.05, 0) is 55.7 Å². The first kappa shape index (κ1) is 17.6. The van der Waals surface area contributed by atoms with Gasteiger partial charge in [0.2, 0.25) is 5.95 Å². The van der Waals surface area contributed by atoms with Gasteiger partial charge in [-0.3, -0.25) is 0 Å². The molecule has 6 nitrogen and oxygen atoms in total. The number of aromatic nitrogens is 3. The molecule has 0 unspecified atom stereocenters. The smallest absolute Gasteiger partial charge is 0.391 e. The van der Waals surface area contributed by atoms with Crippen LogP contribution in [0, 0.1) is 0 Å². The van der Waals surface area contributed by atoms with E-state index < -0.39 is 17.8 Å². The molecule has 0 amide bonds. The second-order valence-corrected chi connectivity index (χ2v) is 6.57. The Morgan fingerprint density at radius 1 is 1.07 bits per heavy atom. The quantitative estimate of drug-likeness (QED) is 0.645. The number of aliphatic hydroxyl groups excluding tert-OH is 1. The van der Waals surface area contributed by atoms with Crippen LogP contribution >= 0.6 is 0 Å². The van der Waals surface area contributed by atoms with Gasteiger partial charge >= 0.3 is 6.18 Å². The Labute approximate surface area is 153 Å². The second-order valence-electron chi connectivity index (χ2n) is 6.57. The third kappa shape index (κ3) is 3.68. The van der Waals surface area contributed by atoms with Crippen LogP contribution in [0.4, 0.5) is 30.6 Å². The van der Waals surface area contributed by atoms with Crippen LogP contribution in [0.15, 0.2) is 42.5 Å². The molecule has 2 atom stereocenters. The van der Waals surface area contributed by atoms with Crippen molar-refractivity contribution in [2.45, 2.75) is 37.6 Å². The molecule has 0 saturated heterocycles. The Kier molecular flexibility index (Phi) is 4.39. The maximum absolute atomic E-state index is 12.7. The van der Waals surface area contributed by atoms with E-state index in [2.05, 4.69) is 20.7 Å². The summed E-state index contributed by atoms with van der Waals surface area (Å²) in [5.74, 6) is 0.974. The average Bonchev–Trinajstić information content (AvgIpc) is 3.21. The van der Waals surface area contributed by atoms with Crippen molar-refractivity contribution in [2.24, 2.45) is 0 Å². The number of rotatable bonds is 4. The second kappa shape index (κ2) is 6.73. The van der Waals surface area contributed by atoms with Gasteiger partial charge in [-0.15, -0.1) is 5.10 Å². The molecule has 1 fully saturated rings. The van der Waals surface area contributed by atoms with E-state index >= 15 is 0 Å². The lowest BCUT2D eigenvalue weighted by Crippen LogP contribution is -2.28. The first-order valence-corrected chi connectivity index (χ1v) is 8.65. The van der Waals surface area contributed by atoms with Crippen molar-refractivity contribution in [3.05, 3.63) is 48.0 Å². The lowest BCUT2D eigenvalue weighted by atomic mass is 10.2. The Balaban J connectivity index is 1.55. The molecule has 4 rings (SSSR count). The van der Waals surface area contributed by atoms with Crippen LogP contribution in [0.25, 0.3) is 5.65 Å². The molecule has 0 aliphatic heterocycles. The van der Waals surface area contributed by atoms with E-state index in [0.717, 1.165) is 31.4 Å². The maximum Gasteiger partial charge on any atom is 0.416 e. The van der Waals surface area contributed by atoms with Gasteiger partial charge in [-0.2, -0.15) is 22.7 Å². The van der Waals surface area contributed by atoms with Gasteiger partial charge in [0.25, 0.3) is 0 Å². The van der Waals surface area contributed by atoms with Crippen molar-refractivity contribution >= 4 is 23.1 Å². The lowest BCUT2D eigenvalue weighted by molar-refractivity contribution is -0.137. The summed E-state index contributed by atoms with van der Waals surface area (Å²) in [5, 5.41) is 20.6. The summed E-state index contributed by atoms with van der Waals surface area (Å²) in [6.07, 6.45) is -2.15. The molecule has 27 heavy (non-hydrogen) atoms. The predicted molar refractivity (Wildman–Crippen MR) is 95.0 cm³/mol. The highest BCUT2D eigenvalue weighted by Crippen LogP contribution is 2.30. The van der Waals surface area contributed by atoms with E-state index in [1.165, 1.54) is 12.1 Å². The average molecular weight is 377 g/mol. The maximum atomic E-state index is 12.7. The number of fused-ring (bicyclic) bond motifs is 1. The Morgan fingerprint density at radius 3 is 2.52 bits per heavy atom. The van der Waals surface area contributed by atoms with Crippen molar-refractivity contribution < 1.29 is 18.3 Å². The number of benzene rings is 1. The minimum absolute atomic E-state index is 0.0360. The Morgan fingerprint density at radius 2 is 1.85 bits per heavy atom. The SMILES string of the molecule is O[C@@H]1CCC[C@H]1Nc1cccc2nc(Nc3ccc(C(F)(F)F)cc3)nn12. The highest BCUT2D eigenvalue weighted by atomic mass is 19.4. The number of hydrogen-bond acceptors (Lipinski definition) is 5. The molecule has 0 bridgehead atoms. The highest BCUT2D eigenvalue weighted by molar-refractivity contribution is 5.58. The van der Waals surface area contributed by atoms with Crippen molar-refractivity contribution in [3.63, 3.8) is 0 Å². The molecule has 3 N–H and O–H groups in total. The first-order valence-electron chi connectivity index (χ1n) is 8.65. The molecule has 1 aliphatic carbocycles. The van der Waals surface area contributed by atoms with Crippen molar-refractivity contribution in [3.8, 4) is 0 Å². The van der Waals surface area contributed by atoms with Gasteiger partial charge in [-0.1, -0.05) is 6.07 Å². The van der Waals surface area contributed by atoms with Crippen molar-refractivity contribution in [2.75, 3.05) is 10.6 Å². The summed E-state index contributed by atoms with van der Waals surface area (Å²) in [6, 6.07) is 10.1. The molecule has 0 radical (unpaired) electrons. The topological polar surface area (TPSA) is 74.5 Å². The van der Waals surface area contributed by atoms with Crippen LogP contribution in [-0.4, -0.2) is 31.9 Å². The molecule has 0 spiro atoms. The van der Waals surface area contributed by atoms with Crippen LogP contribution in [0.3, 0.4) is 0 Å². The van der Waals surface area contributed by atoms with Crippen LogP contribution in [-0.2, 0) is 6.18 Å². The monoisotopic (exact) mass is 377 g/mol. The predicted octanol–water partition coefficient (Wildman–Crippen LogP) is 3.82. The van der Waals surface area contributed by atoms with Gasteiger partial charge < -0.3 is 15.7 Å². The largest absolute Gasteiger partial charge is 0.416 e. The highest BCUT2D eigenvalue weighted by Gasteiger charge is 2.30.